The molecule has 0 aliphatic heterocycles. The molecule has 1 aromatic rings. The molecule has 1 rings (SSSR count). The summed E-state index contributed by atoms with van der Waals surface area (Å²) < 4.78 is 5.64. The molecular formula is C27H46N2O2. The van der Waals surface area contributed by atoms with E-state index in [1.807, 2.05) is 24.3 Å². The van der Waals surface area contributed by atoms with Crippen molar-refractivity contribution in [1.82, 2.24) is 5.43 Å². The van der Waals surface area contributed by atoms with E-state index in [0.29, 0.717) is 6.42 Å². The highest BCUT2D eigenvalue weighted by Crippen LogP contribution is 2.13. The zero-order valence-corrected chi connectivity index (χ0v) is 20.2. The Kier molecular flexibility index (Phi) is 17.6. The topological polar surface area (TPSA) is 50.7 Å². The molecule has 4 nitrogen and oxygen atoms in total. The lowest BCUT2D eigenvalue weighted by molar-refractivity contribution is -0.121. The zero-order valence-electron chi connectivity index (χ0n) is 20.2. The summed E-state index contributed by atoms with van der Waals surface area (Å²) in [5.41, 5.74) is 3.58. The van der Waals surface area contributed by atoms with E-state index in [0.717, 1.165) is 43.6 Å². The summed E-state index contributed by atoms with van der Waals surface area (Å²) in [7, 11) is 0. The Balaban J connectivity index is 1.95. The van der Waals surface area contributed by atoms with E-state index in [4.69, 9.17) is 4.74 Å². The molecule has 0 saturated heterocycles. The molecule has 0 unspecified atom stereocenters. The van der Waals surface area contributed by atoms with E-state index in [2.05, 4.69) is 24.4 Å². The number of amides is 1. The number of ether oxygens (including phenoxy) is 1. The summed E-state index contributed by atoms with van der Waals surface area (Å²) in [5.74, 6) is 0.871. The second-order valence-corrected chi connectivity index (χ2v) is 8.56. The Morgan fingerprint density at radius 1 is 0.774 bits per heavy atom. The number of carbonyl (C=O) groups excluding carboxylic acids is 1. The number of unbranched alkanes of at least 4 members (excludes halogenated alkanes) is 13. The molecule has 0 radical (unpaired) electrons. The molecule has 0 heterocycles. The lowest BCUT2D eigenvalue weighted by Crippen LogP contribution is -2.16. The first kappa shape index (κ1) is 27.2. The molecule has 0 fully saturated rings. The van der Waals surface area contributed by atoms with Crippen molar-refractivity contribution in [2.45, 2.75) is 117 Å². The Labute approximate surface area is 191 Å². The zero-order chi connectivity index (χ0) is 22.4. The molecular weight excluding hydrogens is 384 g/mol. The number of hydrazone groups is 1. The molecule has 0 aliphatic rings. The molecule has 1 aromatic carbocycles. The van der Waals surface area contributed by atoms with Crippen LogP contribution >= 0.6 is 0 Å². The van der Waals surface area contributed by atoms with Gasteiger partial charge in [0.25, 0.3) is 0 Å². The average molecular weight is 431 g/mol. The summed E-state index contributed by atoms with van der Waals surface area (Å²) in [5, 5.41) is 4.06. The highest BCUT2D eigenvalue weighted by molar-refractivity contribution is 5.82. The van der Waals surface area contributed by atoms with E-state index in [-0.39, 0.29) is 5.91 Å². The Hall–Kier alpha value is -1.84. The first-order valence-electron chi connectivity index (χ1n) is 12.8. The van der Waals surface area contributed by atoms with E-state index in [1.54, 1.807) is 6.21 Å². The van der Waals surface area contributed by atoms with Crippen molar-refractivity contribution in [2.75, 3.05) is 6.61 Å². The molecule has 1 amide bonds. The van der Waals surface area contributed by atoms with E-state index >= 15 is 0 Å². The SMILES string of the molecule is CCCCCCCCCCCCCCCC(=O)N/N=C\c1ccc(OCCCC)cc1. The smallest absolute Gasteiger partial charge is 0.240 e. The largest absolute Gasteiger partial charge is 0.494 e. The van der Waals surface area contributed by atoms with Crippen LogP contribution in [-0.4, -0.2) is 18.7 Å². The number of rotatable bonds is 20. The van der Waals surface area contributed by atoms with Gasteiger partial charge in [-0.2, -0.15) is 5.10 Å². The monoisotopic (exact) mass is 430 g/mol. The van der Waals surface area contributed by atoms with Crippen LogP contribution in [0, 0.1) is 0 Å². The van der Waals surface area contributed by atoms with Crippen LogP contribution in [0.1, 0.15) is 122 Å². The number of hydrogen-bond donors (Lipinski definition) is 1. The highest BCUT2D eigenvalue weighted by Gasteiger charge is 2.00. The standard InChI is InChI=1S/C27H46N2O2/c1-3-5-7-8-9-10-11-12-13-14-15-16-17-18-27(30)29-28-24-25-19-21-26(22-20-25)31-23-6-4-2/h19-22,24H,3-18,23H2,1-2H3,(H,29,30)/b28-24-. The van der Waals surface area contributed by atoms with Gasteiger partial charge in [-0.05, 0) is 42.7 Å². The molecule has 4 heteroatoms. The summed E-state index contributed by atoms with van der Waals surface area (Å²) in [6.07, 6.45) is 21.5. The van der Waals surface area contributed by atoms with Crippen molar-refractivity contribution < 1.29 is 9.53 Å². The Bertz CT molecular complexity index is 569. The Morgan fingerprint density at radius 2 is 1.29 bits per heavy atom. The summed E-state index contributed by atoms with van der Waals surface area (Å²) in [6.45, 7) is 5.17. The quantitative estimate of drug-likeness (QED) is 0.130. The third-order valence-electron chi connectivity index (χ3n) is 5.56. The van der Waals surface area contributed by atoms with Gasteiger partial charge < -0.3 is 4.74 Å². The molecule has 0 bridgehead atoms. The third-order valence-corrected chi connectivity index (χ3v) is 5.56. The molecule has 0 aliphatic carbocycles. The third kappa shape index (κ3) is 16.5. The maximum absolute atomic E-state index is 11.9. The minimum atomic E-state index is -0.00107. The van der Waals surface area contributed by atoms with Crippen molar-refractivity contribution in [1.29, 1.82) is 0 Å². The maximum Gasteiger partial charge on any atom is 0.240 e. The van der Waals surface area contributed by atoms with E-state index in [9.17, 15) is 4.79 Å². The average Bonchev–Trinajstić information content (AvgIpc) is 2.78. The predicted octanol–water partition coefficient (Wildman–Crippen LogP) is 7.80. The normalized spacial score (nSPS) is 11.2. The fourth-order valence-electron chi connectivity index (χ4n) is 3.52. The highest BCUT2D eigenvalue weighted by atomic mass is 16.5. The van der Waals surface area contributed by atoms with Crippen LogP contribution < -0.4 is 10.2 Å². The number of benzene rings is 1. The molecule has 0 saturated carbocycles. The van der Waals surface area contributed by atoms with Crippen LogP contribution in [0.3, 0.4) is 0 Å². The van der Waals surface area contributed by atoms with Gasteiger partial charge in [-0.1, -0.05) is 97.3 Å². The van der Waals surface area contributed by atoms with Crippen molar-refractivity contribution in [3.8, 4) is 5.75 Å². The van der Waals surface area contributed by atoms with Gasteiger partial charge in [-0.15, -0.1) is 0 Å². The van der Waals surface area contributed by atoms with Crippen LogP contribution in [0.25, 0.3) is 0 Å². The van der Waals surface area contributed by atoms with Gasteiger partial charge in [0.05, 0.1) is 12.8 Å². The fraction of sp³-hybridized carbons (Fsp3) is 0.704. The van der Waals surface area contributed by atoms with Crippen LogP contribution in [0.5, 0.6) is 5.75 Å². The second-order valence-electron chi connectivity index (χ2n) is 8.56. The van der Waals surface area contributed by atoms with Crippen LogP contribution in [0.15, 0.2) is 29.4 Å². The molecule has 0 spiro atoms. The summed E-state index contributed by atoms with van der Waals surface area (Å²) in [6, 6.07) is 7.77. The van der Waals surface area contributed by atoms with Crippen molar-refractivity contribution in [3.05, 3.63) is 29.8 Å². The van der Waals surface area contributed by atoms with Crippen molar-refractivity contribution >= 4 is 12.1 Å². The minimum absolute atomic E-state index is 0.00107. The predicted molar refractivity (Wildman–Crippen MR) is 133 cm³/mol. The van der Waals surface area contributed by atoms with Crippen molar-refractivity contribution in [3.63, 3.8) is 0 Å². The second kappa shape index (κ2) is 20.1. The first-order chi connectivity index (χ1) is 15.3. The van der Waals surface area contributed by atoms with Crippen LogP contribution in [-0.2, 0) is 4.79 Å². The van der Waals surface area contributed by atoms with Gasteiger partial charge in [0, 0.05) is 6.42 Å². The molecule has 0 atom stereocenters. The first-order valence-corrected chi connectivity index (χ1v) is 12.8. The maximum atomic E-state index is 11.9. The van der Waals surface area contributed by atoms with E-state index < -0.39 is 0 Å². The summed E-state index contributed by atoms with van der Waals surface area (Å²) in [4.78, 5) is 11.9. The van der Waals surface area contributed by atoms with Gasteiger partial charge in [-0.3, -0.25) is 4.79 Å². The molecule has 1 N–H and O–H groups in total. The van der Waals surface area contributed by atoms with Gasteiger partial charge >= 0.3 is 0 Å². The lowest BCUT2D eigenvalue weighted by Gasteiger charge is -2.05. The Morgan fingerprint density at radius 3 is 1.84 bits per heavy atom. The number of nitrogens with one attached hydrogen (secondary N) is 1. The number of nitrogens with zero attached hydrogens (tertiary/aromatic N) is 1. The fourth-order valence-corrected chi connectivity index (χ4v) is 3.52. The molecule has 31 heavy (non-hydrogen) atoms. The number of carbonyl (C=O) groups is 1. The number of hydrogen-bond acceptors (Lipinski definition) is 3. The van der Waals surface area contributed by atoms with E-state index in [1.165, 1.54) is 70.6 Å². The van der Waals surface area contributed by atoms with Crippen molar-refractivity contribution in [2.24, 2.45) is 5.10 Å². The van der Waals surface area contributed by atoms with Crippen LogP contribution in [0.4, 0.5) is 0 Å². The lowest BCUT2D eigenvalue weighted by atomic mass is 10.0. The molecule has 176 valence electrons. The van der Waals surface area contributed by atoms with Gasteiger partial charge in [0.1, 0.15) is 5.75 Å². The van der Waals surface area contributed by atoms with Crippen LogP contribution in [0.2, 0.25) is 0 Å². The minimum Gasteiger partial charge on any atom is -0.494 e. The summed E-state index contributed by atoms with van der Waals surface area (Å²) >= 11 is 0. The molecule has 0 aromatic heterocycles. The van der Waals surface area contributed by atoms with Gasteiger partial charge in [0.2, 0.25) is 5.91 Å². The van der Waals surface area contributed by atoms with Gasteiger partial charge in [-0.25, -0.2) is 5.43 Å². The van der Waals surface area contributed by atoms with Gasteiger partial charge in [0.15, 0.2) is 0 Å².